The molecule has 2 amide bonds. The Bertz CT molecular complexity index is 322. The van der Waals surface area contributed by atoms with Gasteiger partial charge in [-0.3, -0.25) is 9.59 Å². The summed E-state index contributed by atoms with van der Waals surface area (Å²) in [6, 6.07) is -0.772. The molecule has 4 N–H and O–H groups in total. The van der Waals surface area contributed by atoms with Crippen molar-refractivity contribution in [2.45, 2.75) is 53.6 Å². The Kier molecular flexibility index (Phi) is 7.89. The molecule has 0 bridgehead atoms. The largest absolute Gasteiger partial charge is 0.394 e. The molecule has 0 rings (SSSR count). The molecule has 0 fully saturated rings. The van der Waals surface area contributed by atoms with Crippen molar-refractivity contribution in [1.29, 1.82) is 0 Å². The Morgan fingerprint density at radius 1 is 0.857 bits per heavy atom. The first-order valence-electron chi connectivity index (χ1n) is 7.41. The lowest BCUT2D eigenvalue weighted by atomic mass is 9.89. The molecule has 0 unspecified atom stereocenters. The van der Waals surface area contributed by atoms with Crippen LogP contribution in [0.3, 0.4) is 0 Å². The molecular weight excluding hydrogens is 272 g/mol. The van der Waals surface area contributed by atoms with Crippen LogP contribution in [0.15, 0.2) is 0 Å². The maximum atomic E-state index is 12.3. The van der Waals surface area contributed by atoms with Gasteiger partial charge < -0.3 is 20.8 Å². The zero-order valence-electron chi connectivity index (χ0n) is 13.9. The van der Waals surface area contributed by atoms with E-state index in [1.165, 1.54) is 13.8 Å². The standard InChI is InChI=1S/C15H30N2O4/c1-9(2)11(7-18)16-13(20)15(5,6)14(21)17-12(8-19)10(3)4/h9-12,18-19H,7-8H2,1-6H3,(H,16,20)(H,17,21)/t11-,12-/m0/s1. The van der Waals surface area contributed by atoms with Crippen LogP contribution in [0.2, 0.25) is 0 Å². The van der Waals surface area contributed by atoms with Crippen LogP contribution in [0.4, 0.5) is 0 Å². The first-order valence-corrected chi connectivity index (χ1v) is 7.41. The molecule has 0 aliphatic carbocycles. The summed E-state index contributed by atoms with van der Waals surface area (Å²) >= 11 is 0. The van der Waals surface area contributed by atoms with Crippen molar-refractivity contribution >= 4 is 11.8 Å². The normalized spacial score (nSPS) is 15.0. The van der Waals surface area contributed by atoms with Gasteiger partial charge in [0.2, 0.25) is 11.8 Å². The molecule has 6 nitrogen and oxygen atoms in total. The van der Waals surface area contributed by atoms with Crippen LogP contribution in [0.1, 0.15) is 41.5 Å². The highest BCUT2D eigenvalue weighted by Gasteiger charge is 2.38. The summed E-state index contributed by atoms with van der Waals surface area (Å²) in [5, 5.41) is 23.9. The summed E-state index contributed by atoms with van der Waals surface area (Å²) < 4.78 is 0. The minimum Gasteiger partial charge on any atom is -0.394 e. The summed E-state index contributed by atoms with van der Waals surface area (Å²) in [5.41, 5.74) is -1.27. The first-order chi connectivity index (χ1) is 9.57. The Morgan fingerprint density at radius 3 is 1.33 bits per heavy atom. The van der Waals surface area contributed by atoms with E-state index in [1.54, 1.807) is 0 Å². The van der Waals surface area contributed by atoms with Crippen LogP contribution < -0.4 is 10.6 Å². The van der Waals surface area contributed by atoms with Crippen molar-refractivity contribution in [1.82, 2.24) is 10.6 Å². The SMILES string of the molecule is CC(C)[C@H](CO)NC(=O)C(C)(C)C(=O)N[C@@H](CO)C(C)C. The number of aliphatic hydroxyl groups is 2. The molecule has 2 atom stereocenters. The van der Waals surface area contributed by atoms with Gasteiger partial charge in [0, 0.05) is 0 Å². The van der Waals surface area contributed by atoms with Crippen molar-refractivity contribution < 1.29 is 19.8 Å². The van der Waals surface area contributed by atoms with E-state index in [9.17, 15) is 19.8 Å². The Labute approximate surface area is 127 Å². The van der Waals surface area contributed by atoms with Crippen molar-refractivity contribution in [2.75, 3.05) is 13.2 Å². The molecule has 0 saturated heterocycles. The van der Waals surface area contributed by atoms with Gasteiger partial charge in [0.15, 0.2) is 0 Å². The second-order valence-electron chi connectivity index (χ2n) is 6.64. The number of aliphatic hydroxyl groups excluding tert-OH is 2. The van der Waals surface area contributed by atoms with Gasteiger partial charge in [-0.2, -0.15) is 0 Å². The lowest BCUT2D eigenvalue weighted by Crippen LogP contribution is -2.55. The third-order valence-electron chi connectivity index (χ3n) is 3.77. The molecule has 0 aliphatic rings. The maximum Gasteiger partial charge on any atom is 0.235 e. The lowest BCUT2D eigenvalue weighted by Gasteiger charge is -2.30. The van der Waals surface area contributed by atoms with Crippen LogP contribution in [-0.4, -0.2) is 47.3 Å². The fourth-order valence-corrected chi connectivity index (χ4v) is 1.65. The van der Waals surface area contributed by atoms with Crippen LogP contribution >= 0.6 is 0 Å². The molecule has 0 aromatic carbocycles. The zero-order valence-corrected chi connectivity index (χ0v) is 13.9. The summed E-state index contributed by atoms with van der Waals surface area (Å²) in [6.07, 6.45) is 0. The predicted molar refractivity (Wildman–Crippen MR) is 81.5 cm³/mol. The topological polar surface area (TPSA) is 98.7 Å². The molecule has 6 heteroatoms. The quantitative estimate of drug-likeness (QED) is 0.484. The molecule has 0 aromatic heterocycles. The van der Waals surface area contributed by atoms with Gasteiger partial charge in [0.1, 0.15) is 5.41 Å². The van der Waals surface area contributed by atoms with Gasteiger partial charge in [-0.05, 0) is 25.7 Å². The van der Waals surface area contributed by atoms with Gasteiger partial charge in [-0.15, -0.1) is 0 Å². The van der Waals surface area contributed by atoms with Crippen LogP contribution in [0, 0.1) is 17.3 Å². The molecule has 0 spiro atoms. The molecule has 0 saturated carbocycles. The van der Waals surface area contributed by atoms with Crippen LogP contribution in [0.25, 0.3) is 0 Å². The maximum absolute atomic E-state index is 12.3. The number of rotatable bonds is 8. The van der Waals surface area contributed by atoms with E-state index in [-0.39, 0.29) is 37.1 Å². The molecule has 21 heavy (non-hydrogen) atoms. The van der Waals surface area contributed by atoms with Crippen molar-refractivity contribution in [2.24, 2.45) is 17.3 Å². The zero-order chi connectivity index (χ0) is 16.8. The number of hydrogen-bond donors (Lipinski definition) is 4. The smallest absolute Gasteiger partial charge is 0.235 e. The van der Waals surface area contributed by atoms with Gasteiger partial charge in [-0.1, -0.05) is 27.7 Å². The fraction of sp³-hybridized carbons (Fsp3) is 0.867. The number of nitrogens with one attached hydrogen (secondary N) is 2. The summed E-state index contributed by atoms with van der Waals surface area (Å²) in [4.78, 5) is 24.5. The second-order valence-corrected chi connectivity index (χ2v) is 6.64. The van der Waals surface area contributed by atoms with Gasteiger partial charge in [-0.25, -0.2) is 0 Å². The molecular formula is C15H30N2O4. The van der Waals surface area contributed by atoms with Gasteiger partial charge >= 0.3 is 0 Å². The number of amides is 2. The van der Waals surface area contributed by atoms with E-state index < -0.39 is 17.2 Å². The average Bonchev–Trinajstić information content (AvgIpc) is 2.40. The van der Waals surface area contributed by atoms with Crippen molar-refractivity contribution in [3.63, 3.8) is 0 Å². The molecule has 124 valence electrons. The lowest BCUT2D eigenvalue weighted by molar-refractivity contribution is -0.143. The third-order valence-corrected chi connectivity index (χ3v) is 3.77. The first kappa shape index (κ1) is 19.9. The number of hydrogen-bond acceptors (Lipinski definition) is 4. The predicted octanol–water partition coefficient (Wildman–Crippen LogP) is 0.279. The minimum atomic E-state index is -1.27. The third kappa shape index (κ3) is 5.63. The molecule has 0 heterocycles. The Morgan fingerprint density at radius 2 is 1.14 bits per heavy atom. The average molecular weight is 302 g/mol. The summed E-state index contributed by atoms with van der Waals surface area (Å²) in [7, 11) is 0. The van der Waals surface area contributed by atoms with E-state index in [1.807, 2.05) is 27.7 Å². The highest BCUT2D eigenvalue weighted by Crippen LogP contribution is 2.18. The summed E-state index contributed by atoms with van der Waals surface area (Å²) in [5.74, 6) is -0.737. The van der Waals surface area contributed by atoms with Crippen LogP contribution in [-0.2, 0) is 9.59 Å². The number of carbonyl (C=O) groups is 2. The fourth-order valence-electron chi connectivity index (χ4n) is 1.65. The highest BCUT2D eigenvalue weighted by molar-refractivity contribution is 6.04. The van der Waals surface area contributed by atoms with Gasteiger partial charge in [0.25, 0.3) is 0 Å². The monoisotopic (exact) mass is 302 g/mol. The van der Waals surface area contributed by atoms with E-state index in [0.29, 0.717) is 0 Å². The molecule has 0 aliphatic heterocycles. The highest BCUT2D eigenvalue weighted by atomic mass is 16.3. The van der Waals surface area contributed by atoms with Crippen molar-refractivity contribution in [3.05, 3.63) is 0 Å². The minimum absolute atomic E-state index is 0.0682. The van der Waals surface area contributed by atoms with E-state index >= 15 is 0 Å². The molecule has 0 aromatic rings. The molecule has 0 radical (unpaired) electrons. The Balaban J connectivity index is 4.85. The number of carbonyl (C=O) groups excluding carboxylic acids is 2. The Hall–Kier alpha value is -1.14. The van der Waals surface area contributed by atoms with E-state index in [2.05, 4.69) is 10.6 Å². The van der Waals surface area contributed by atoms with Gasteiger partial charge in [0.05, 0.1) is 25.3 Å². The van der Waals surface area contributed by atoms with E-state index in [4.69, 9.17) is 0 Å². The summed E-state index contributed by atoms with van der Waals surface area (Å²) in [6.45, 7) is 10.2. The second kappa shape index (κ2) is 8.34. The van der Waals surface area contributed by atoms with Crippen LogP contribution in [0.5, 0.6) is 0 Å². The van der Waals surface area contributed by atoms with E-state index in [0.717, 1.165) is 0 Å². The van der Waals surface area contributed by atoms with Crippen molar-refractivity contribution in [3.8, 4) is 0 Å².